The number of aliphatic imine (C=N–C) groups is 2. The number of benzene rings is 1. The molecule has 2 aliphatic rings. The molecule has 0 aliphatic carbocycles. The first kappa shape index (κ1) is 24.6. The number of likely N-dealkylation sites (N-methyl/N-ethyl adjacent to an activating group) is 1. The number of hydrogen-bond acceptors (Lipinski definition) is 8. The molecule has 0 spiro atoms. The molecule has 5 rings (SSSR count). The van der Waals surface area contributed by atoms with Crippen LogP contribution in [0, 0.1) is 24.5 Å². The summed E-state index contributed by atoms with van der Waals surface area (Å²) in [6.07, 6.45) is 1.80. The molecule has 194 valence electrons. The molecule has 2 atom stereocenters. The lowest BCUT2D eigenvalue weighted by atomic mass is 10.0. The monoisotopic (exact) mass is 510 g/mol. The Morgan fingerprint density at radius 1 is 1.19 bits per heavy atom. The second kappa shape index (κ2) is 10.1. The summed E-state index contributed by atoms with van der Waals surface area (Å²) in [5, 5.41) is 5.68. The summed E-state index contributed by atoms with van der Waals surface area (Å²) in [6, 6.07) is 6.19. The van der Waals surface area contributed by atoms with E-state index in [-0.39, 0.29) is 22.5 Å². The largest absolute Gasteiger partial charge is 0.464 e. The molecule has 12 heteroatoms. The number of carbonyl (C=O) groups excluding carboxylic acids is 1. The van der Waals surface area contributed by atoms with Gasteiger partial charge in [0.05, 0.1) is 17.4 Å². The minimum Gasteiger partial charge on any atom is -0.464 e. The van der Waals surface area contributed by atoms with E-state index < -0.39 is 29.7 Å². The molecule has 1 aromatic carbocycles. The molecule has 1 amide bonds. The first-order chi connectivity index (χ1) is 17.8. The third-order valence-electron chi connectivity index (χ3n) is 6.54. The van der Waals surface area contributed by atoms with Crippen LogP contribution in [0.5, 0.6) is 5.75 Å². The summed E-state index contributed by atoms with van der Waals surface area (Å²) in [6.45, 7) is 5.49. The topological polar surface area (TPSA) is 110 Å². The predicted molar refractivity (Wildman–Crippen MR) is 138 cm³/mol. The highest BCUT2D eigenvalue weighted by Gasteiger charge is 2.37. The SMILES string of the molecule is CNC(=O)C1C(Nc2ccc(N3CCN(C)CC3)cn2)=NC=NC1Oc1cc(F)c2[nH]c(C)cc2c1F. The van der Waals surface area contributed by atoms with E-state index in [0.717, 1.165) is 37.9 Å². The number of aryl methyl sites for hydroxylation is 1. The minimum atomic E-state index is -1.18. The molecule has 0 saturated carbocycles. The average Bonchev–Trinajstić information content (AvgIpc) is 3.30. The molecule has 4 heterocycles. The molecule has 0 radical (unpaired) electrons. The van der Waals surface area contributed by atoms with Crippen LogP contribution in [-0.4, -0.2) is 79.5 Å². The molecule has 37 heavy (non-hydrogen) atoms. The van der Waals surface area contributed by atoms with Crippen molar-refractivity contribution in [3.8, 4) is 5.75 Å². The Balaban J connectivity index is 1.36. The van der Waals surface area contributed by atoms with Crippen molar-refractivity contribution in [2.24, 2.45) is 15.9 Å². The van der Waals surface area contributed by atoms with Crippen LogP contribution in [0.3, 0.4) is 0 Å². The van der Waals surface area contributed by atoms with E-state index in [0.29, 0.717) is 11.5 Å². The maximum atomic E-state index is 15.2. The van der Waals surface area contributed by atoms with Crippen LogP contribution in [0.15, 0.2) is 40.4 Å². The number of aromatic amines is 1. The van der Waals surface area contributed by atoms with Gasteiger partial charge in [-0.3, -0.25) is 4.79 Å². The summed E-state index contributed by atoms with van der Waals surface area (Å²) >= 11 is 0. The fourth-order valence-corrected chi connectivity index (χ4v) is 4.47. The molecule has 2 unspecified atom stereocenters. The highest BCUT2D eigenvalue weighted by molar-refractivity contribution is 6.12. The summed E-state index contributed by atoms with van der Waals surface area (Å²) in [5.74, 6) is -2.59. The van der Waals surface area contributed by atoms with Gasteiger partial charge in [-0.05, 0) is 32.2 Å². The molecule has 3 aromatic rings. The minimum absolute atomic E-state index is 0.0485. The quantitative estimate of drug-likeness (QED) is 0.487. The number of aromatic nitrogens is 2. The van der Waals surface area contributed by atoms with Gasteiger partial charge in [-0.25, -0.2) is 23.7 Å². The van der Waals surface area contributed by atoms with Gasteiger partial charge in [-0.15, -0.1) is 0 Å². The highest BCUT2D eigenvalue weighted by atomic mass is 19.1. The lowest BCUT2D eigenvalue weighted by Gasteiger charge is -2.33. The Bertz CT molecular complexity index is 1360. The van der Waals surface area contributed by atoms with Gasteiger partial charge in [0.25, 0.3) is 0 Å². The van der Waals surface area contributed by atoms with Gasteiger partial charge < -0.3 is 30.2 Å². The number of pyridine rings is 1. The van der Waals surface area contributed by atoms with Crippen molar-refractivity contribution < 1.29 is 18.3 Å². The number of ether oxygens (including phenoxy) is 1. The van der Waals surface area contributed by atoms with E-state index in [9.17, 15) is 9.18 Å². The third-order valence-corrected chi connectivity index (χ3v) is 6.54. The van der Waals surface area contributed by atoms with Gasteiger partial charge in [-0.2, -0.15) is 0 Å². The van der Waals surface area contributed by atoms with E-state index in [1.807, 2.05) is 6.07 Å². The summed E-state index contributed by atoms with van der Waals surface area (Å²) in [7, 11) is 3.56. The number of piperazine rings is 1. The first-order valence-electron chi connectivity index (χ1n) is 12.0. The normalized spacial score (nSPS) is 20.1. The van der Waals surface area contributed by atoms with Gasteiger partial charge >= 0.3 is 0 Å². The van der Waals surface area contributed by atoms with E-state index in [1.165, 1.54) is 19.5 Å². The van der Waals surface area contributed by atoms with Crippen molar-refractivity contribution in [3.05, 3.63) is 47.8 Å². The highest BCUT2D eigenvalue weighted by Crippen LogP contribution is 2.32. The van der Waals surface area contributed by atoms with Crippen LogP contribution in [0.1, 0.15) is 5.69 Å². The number of fused-ring (bicyclic) bond motifs is 1. The summed E-state index contributed by atoms with van der Waals surface area (Å²) < 4.78 is 35.5. The number of amidine groups is 1. The van der Waals surface area contributed by atoms with E-state index >= 15 is 4.39 Å². The zero-order valence-electron chi connectivity index (χ0n) is 20.8. The van der Waals surface area contributed by atoms with Gasteiger partial charge in [-0.1, -0.05) is 0 Å². The number of nitrogens with zero attached hydrogens (tertiary/aromatic N) is 5. The number of amides is 1. The Morgan fingerprint density at radius 3 is 2.68 bits per heavy atom. The van der Waals surface area contributed by atoms with Crippen LogP contribution in [0.4, 0.5) is 20.3 Å². The predicted octanol–water partition coefficient (Wildman–Crippen LogP) is 2.52. The number of carbonyl (C=O) groups is 1. The number of H-pyrrole nitrogens is 1. The molecule has 0 bridgehead atoms. The van der Waals surface area contributed by atoms with Gasteiger partial charge in [0.2, 0.25) is 12.1 Å². The number of anilines is 2. The maximum absolute atomic E-state index is 15.2. The summed E-state index contributed by atoms with van der Waals surface area (Å²) in [5.41, 5.74) is 1.66. The Hall–Kier alpha value is -4.06. The summed E-state index contributed by atoms with van der Waals surface area (Å²) in [4.78, 5) is 33.0. The van der Waals surface area contributed by atoms with Crippen molar-refractivity contribution in [3.63, 3.8) is 0 Å². The Kier molecular flexibility index (Phi) is 6.74. The second-order valence-corrected chi connectivity index (χ2v) is 9.11. The fourth-order valence-electron chi connectivity index (χ4n) is 4.47. The maximum Gasteiger partial charge on any atom is 0.236 e. The number of halogens is 2. The fraction of sp³-hybridized carbons (Fsp3) is 0.360. The van der Waals surface area contributed by atoms with Crippen LogP contribution < -0.4 is 20.3 Å². The third kappa shape index (κ3) is 4.96. The van der Waals surface area contributed by atoms with Gasteiger partial charge in [0.1, 0.15) is 18.0 Å². The van der Waals surface area contributed by atoms with Crippen molar-refractivity contribution in [2.75, 3.05) is 50.5 Å². The molecule has 2 aromatic heterocycles. The zero-order chi connectivity index (χ0) is 26.1. The molecule has 3 N–H and O–H groups in total. The molecular formula is C25H28F2N8O2. The number of nitrogens with one attached hydrogen (secondary N) is 3. The Morgan fingerprint density at radius 2 is 1.97 bits per heavy atom. The molecule has 1 saturated heterocycles. The van der Waals surface area contributed by atoms with Crippen LogP contribution in [-0.2, 0) is 4.79 Å². The van der Waals surface area contributed by atoms with Gasteiger partial charge in [0, 0.05) is 50.4 Å². The van der Waals surface area contributed by atoms with Crippen LogP contribution >= 0.6 is 0 Å². The lowest BCUT2D eigenvalue weighted by molar-refractivity contribution is -0.124. The van der Waals surface area contributed by atoms with Crippen molar-refractivity contribution >= 4 is 40.5 Å². The zero-order valence-corrected chi connectivity index (χ0v) is 20.8. The molecular weight excluding hydrogens is 482 g/mol. The molecule has 1 fully saturated rings. The standard InChI is InChI=1S/C25H28F2N8O2/c1-14-10-16-21(27)18(11-17(26)22(16)32-14)37-25-20(24(36)28-2)23(30-13-31-25)33-19-5-4-15(12-29-19)35-8-6-34(3)7-9-35/h4-5,10-13,20,25,32H,6-9H2,1-3H3,(H,28,36)(H,29,30,31,33). The molecule has 10 nitrogen and oxygen atoms in total. The number of hydrogen-bond donors (Lipinski definition) is 3. The van der Waals surface area contributed by atoms with E-state index in [1.54, 1.807) is 19.2 Å². The smallest absolute Gasteiger partial charge is 0.236 e. The average molecular weight is 511 g/mol. The van der Waals surface area contributed by atoms with Crippen LogP contribution in [0.25, 0.3) is 10.9 Å². The first-order valence-corrected chi connectivity index (χ1v) is 12.0. The second-order valence-electron chi connectivity index (χ2n) is 9.11. The van der Waals surface area contributed by atoms with Crippen molar-refractivity contribution in [1.29, 1.82) is 0 Å². The van der Waals surface area contributed by atoms with Crippen LogP contribution in [0.2, 0.25) is 0 Å². The van der Waals surface area contributed by atoms with Gasteiger partial charge in [0.15, 0.2) is 23.3 Å². The number of rotatable bonds is 5. The Labute approximate surface area is 212 Å². The van der Waals surface area contributed by atoms with Crippen molar-refractivity contribution in [2.45, 2.75) is 13.2 Å². The van der Waals surface area contributed by atoms with E-state index in [4.69, 9.17) is 4.74 Å². The lowest BCUT2D eigenvalue weighted by Crippen LogP contribution is -2.47. The van der Waals surface area contributed by atoms with E-state index in [2.05, 4.69) is 47.4 Å². The molecule has 2 aliphatic heterocycles. The van der Waals surface area contributed by atoms with Crippen molar-refractivity contribution in [1.82, 2.24) is 20.2 Å².